The molecule has 0 aliphatic rings. The zero-order valence-corrected chi connectivity index (χ0v) is 10.7. The van der Waals surface area contributed by atoms with Gasteiger partial charge in [-0.25, -0.2) is 0 Å². The molecule has 0 fully saturated rings. The van der Waals surface area contributed by atoms with Crippen LogP contribution in [-0.2, 0) is 0 Å². The first kappa shape index (κ1) is 10.6. The van der Waals surface area contributed by atoms with Gasteiger partial charge in [-0.3, -0.25) is 4.79 Å². The van der Waals surface area contributed by atoms with Crippen LogP contribution < -0.4 is 0 Å². The molecule has 2 aromatic heterocycles. The lowest BCUT2D eigenvalue weighted by molar-refractivity contribution is 0.101. The highest BCUT2D eigenvalue weighted by Crippen LogP contribution is 2.29. The van der Waals surface area contributed by atoms with E-state index in [0.717, 1.165) is 14.9 Å². The van der Waals surface area contributed by atoms with Gasteiger partial charge >= 0.3 is 0 Å². The second-order valence-electron chi connectivity index (χ2n) is 3.33. The van der Waals surface area contributed by atoms with E-state index in [1.54, 1.807) is 6.07 Å². The summed E-state index contributed by atoms with van der Waals surface area (Å²) in [5.41, 5.74) is 1.95. The van der Waals surface area contributed by atoms with Gasteiger partial charge in [0.05, 0.1) is 14.9 Å². The zero-order valence-electron chi connectivity index (χ0n) is 8.33. The van der Waals surface area contributed by atoms with Crippen molar-refractivity contribution < 1.29 is 9.21 Å². The Morgan fingerprint density at radius 1 is 1.40 bits per heavy atom. The third-order valence-electron chi connectivity index (χ3n) is 2.15. The van der Waals surface area contributed by atoms with Crippen LogP contribution in [-0.4, -0.2) is 5.78 Å². The monoisotopic (exact) mass is 284 g/mol. The summed E-state index contributed by atoms with van der Waals surface area (Å²) in [6.45, 7) is 3.83. The predicted molar refractivity (Wildman–Crippen MR) is 63.6 cm³/mol. The molecule has 0 spiro atoms. The van der Waals surface area contributed by atoms with Crippen molar-refractivity contribution in [1.29, 1.82) is 0 Å². The maximum Gasteiger partial charge on any atom is 0.238 e. The molecule has 2 aromatic rings. The lowest BCUT2D eigenvalue weighted by Crippen LogP contribution is -1.98. The van der Waals surface area contributed by atoms with Gasteiger partial charge < -0.3 is 4.42 Å². The number of hydrogen-bond donors (Lipinski definition) is 0. The van der Waals surface area contributed by atoms with Gasteiger partial charge in [0.1, 0.15) is 0 Å². The number of furan rings is 1. The van der Waals surface area contributed by atoms with Crippen LogP contribution >= 0.6 is 27.3 Å². The Morgan fingerprint density at radius 3 is 2.60 bits per heavy atom. The average molecular weight is 285 g/mol. The molecule has 0 aliphatic carbocycles. The summed E-state index contributed by atoms with van der Waals surface area (Å²) < 4.78 is 6.17. The van der Waals surface area contributed by atoms with E-state index in [4.69, 9.17) is 4.42 Å². The first-order valence-electron chi connectivity index (χ1n) is 4.44. The van der Waals surface area contributed by atoms with E-state index >= 15 is 0 Å². The van der Waals surface area contributed by atoms with Gasteiger partial charge in [0, 0.05) is 0 Å². The topological polar surface area (TPSA) is 30.2 Å². The van der Waals surface area contributed by atoms with Crippen LogP contribution in [0, 0.1) is 13.8 Å². The molecule has 0 amide bonds. The zero-order chi connectivity index (χ0) is 11.0. The largest absolute Gasteiger partial charge is 0.461 e. The highest BCUT2D eigenvalue weighted by molar-refractivity contribution is 9.11. The van der Waals surface area contributed by atoms with E-state index in [2.05, 4.69) is 15.9 Å². The number of carbonyl (C=O) groups excluding carboxylic acids is 1. The van der Waals surface area contributed by atoms with Crippen LogP contribution in [0.3, 0.4) is 0 Å². The standard InChI is InChI=1S/C11H9BrO2S/c1-6-3-4-14-10(6)9(13)8-5-7(2)11(12)15-8/h3-5H,1-2H3. The molecule has 0 bridgehead atoms. The molecule has 4 heteroatoms. The van der Waals surface area contributed by atoms with Crippen molar-refractivity contribution in [3.63, 3.8) is 0 Å². The van der Waals surface area contributed by atoms with E-state index in [-0.39, 0.29) is 5.78 Å². The van der Waals surface area contributed by atoms with E-state index in [0.29, 0.717) is 10.6 Å². The van der Waals surface area contributed by atoms with Crippen LogP contribution in [0.1, 0.15) is 26.6 Å². The molecule has 0 saturated carbocycles. The first-order chi connectivity index (χ1) is 7.09. The highest BCUT2D eigenvalue weighted by atomic mass is 79.9. The van der Waals surface area contributed by atoms with Gasteiger partial charge in [0.15, 0.2) is 5.76 Å². The van der Waals surface area contributed by atoms with E-state index in [1.807, 2.05) is 19.9 Å². The highest BCUT2D eigenvalue weighted by Gasteiger charge is 2.17. The van der Waals surface area contributed by atoms with Gasteiger partial charge in [-0.1, -0.05) is 0 Å². The lowest BCUT2D eigenvalue weighted by atomic mass is 10.2. The quantitative estimate of drug-likeness (QED) is 0.782. The molecular weight excluding hydrogens is 276 g/mol. The Bertz CT molecular complexity index is 491. The third-order valence-corrected chi connectivity index (χ3v) is 4.28. The molecule has 78 valence electrons. The van der Waals surface area contributed by atoms with Crippen LogP contribution in [0.2, 0.25) is 0 Å². The molecule has 0 radical (unpaired) electrons. The molecule has 2 nitrogen and oxygen atoms in total. The minimum atomic E-state index is -0.0451. The normalized spacial score (nSPS) is 10.6. The van der Waals surface area contributed by atoms with Gasteiger partial charge in [-0.05, 0) is 53.0 Å². The minimum absolute atomic E-state index is 0.0451. The summed E-state index contributed by atoms with van der Waals surface area (Å²) >= 11 is 4.84. The van der Waals surface area contributed by atoms with Crippen molar-refractivity contribution in [2.45, 2.75) is 13.8 Å². The number of rotatable bonds is 2. The lowest BCUT2D eigenvalue weighted by Gasteiger charge is -1.93. The summed E-state index contributed by atoms with van der Waals surface area (Å²) in [5.74, 6) is 0.389. The predicted octanol–water partition coefficient (Wildman–Crippen LogP) is 3.95. The van der Waals surface area contributed by atoms with Crippen molar-refractivity contribution in [1.82, 2.24) is 0 Å². The summed E-state index contributed by atoms with van der Waals surface area (Å²) in [6, 6.07) is 3.67. The maximum atomic E-state index is 12.0. The summed E-state index contributed by atoms with van der Waals surface area (Å²) in [4.78, 5) is 12.7. The molecule has 15 heavy (non-hydrogen) atoms. The van der Waals surface area contributed by atoms with Crippen LogP contribution in [0.15, 0.2) is 26.6 Å². The average Bonchev–Trinajstić information content (AvgIpc) is 2.74. The molecule has 0 aliphatic heterocycles. The van der Waals surface area contributed by atoms with Crippen molar-refractivity contribution >= 4 is 33.0 Å². The van der Waals surface area contributed by atoms with Gasteiger partial charge in [-0.2, -0.15) is 0 Å². The second kappa shape index (κ2) is 3.94. The summed E-state index contributed by atoms with van der Waals surface area (Å²) in [6.07, 6.45) is 1.54. The Hall–Kier alpha value is -0.870. The second-order valence-corrected chi connectivity index (χ2v) is 5.70. The Morgan fingerprint density at radius 2 is 2.13 bits per heavy atom. The maximum absolute atomic E-state index is 12.0. The van der Waals surface area contributed by atoms with E-state index in [1.165, 1.54) is 17.6 Å². The molecule has 2 rings (SSSR count). The Labute approximate surface area is 100 Å². The summed E-state index contributed by atoms with van der Waals surface area (Å²) in [5, 5.41) is 0. The third kappa shape index (κ3) is 1.92. The number of carbonyl (C=O) groups is 1. The first-order valence-corrected chi connectivity index (χ1v) is 6.05. The Kier molecular flexibility index (Phi) is 2.80. The van der Waals surface area contributed by atoms with Crippen LogP contribution in [0.5, 0.6) is 0 Å². The van der Waals surface area contributed by atoms with E-state index < -0.39 is 0 Å². The number of thiophene rings is 1. The van der Waals surface area contributed by atoms with Gasteiger partial charge in [-0.15, -0.1) is 11.3 Å². The van der Waals surface area contributed by atoms with Gasteiger partial charge in [0.2, 0.25) is 5.78 Å². The van der Waals surface area contributed by atoms with Crippen LogP contribution in [0.25, 0.3) is 0 Å². The molecule has 0 saturated heterocycles. The molecule has 0 unspecified atom stereocenters. The number of aryl methyl sites for hydroxylation is 2. The number of halogens is 1. The number of hydrogen-bond acceptors (Lipinski definition) is 3. The van der Waals surface area contributed by atoms with Gasteiger partial charge in [0.25, 0.3) is 0 Å². The smallest absolute Gasteiger partial charge is 0.238 e. The fourth-order valence-electron chi connectivity index (χ4n) is 1.29. The Balaban J connectivity index is 2.41. The molecular formula is C11H9BrO2S. The van der Waals surface area contributed by atoms with Crippen molar-refractivity contribution in [3.8, 4) is 0 Å². The van der Waals surface area contributed by atoms with E-state index in [9.17, 15) is 4.79 Å². The molecule has 0 N–H and O–H groups in total. The van der Waals surface area contributed by atoms with Crippen LogP contribution in [0.4, 0.5) is 0 Å². The fraction of sp³-hybridized carbons (Fsp3) is 0.182. The minimum Gasteiger partial charge on any atom is -0.461 e. The molecule has 0 atom stereocenters. The van der Waals surface area contributed by atoms with Crippen molar-refractivity contribution in [3.05, 3.63) is 43.9 Å². The summed E-state index contributed by atoms with van der Waals surface area (Å²) in [7, 11) is 0. The SMILES string of the molecule is Cc1ccoc1C(=O)c1cc(C)c(Br)s1. The fourth-order valence-corrected chi connectivity index (χ4v) is 2.76. The van der Waals surface area contributed by atoms with Crippen molar-refractivity contribution in [2.24, 2.45) is 0 Å². The molecule has 2 heterocycles. The molecule has 0 aromatic carbocycles. The van der Waals surface area contributed by atoms with Crippen molar-refractivity contribution in [2.75, 3.05) is 0 Å². The number of ketones is 1.